The molecule has 0 amide bonds. The maximum atomic E-state index is 12.1. The van der Waals surface area contributed by atoms with Crippen LogP contribution in [0.5, 0.6) is 5.75 Å². The first-order valence-corrected chi connectivity index (χ1v) is 6.39. The molecule has 0 radical (unpaired) electrons. The van der Waals surface area contributed by atoms with Crippen molar-refractivity contribution in [2.24, 2.45) is 0 Å². The molecular formula is C16H13F3O3. The molecule has 0 saturated carbocycles. The van der Waals surface area contributed by atoms with E-state index in [0.717, 1.165) is 16.7 Å². The highest BCUT2D eigenvalue weighted by molar-refractivity contribution is 5.74. The lowest BCUT2D eigenvalue weighted by Crippen LogP contribution is -2.16. The molecule has 116 valence electrons. The molecule has 0 saturated heterocycles. The number of carbonyl (C=O) groups is 1. The van der Waals surface area contributed by atoms with E-state index in [2.05, 4.69) is 9.47 Å². The van der Waals surface area contributed by atoms with Crippen LogP contribution in [0, 0.1) is 0 Å². The zero-order chi connectivity index (χ0) is 16.2. The van der Waals surface area contributed by atoms with Gasteiger partial charge in [0.05, 0.1) is 13.5 Å². The third-order valence-electron chi connectivity index (χ3n) is 2.92. The molecule has 0 bridgehead atoms. The Bertz CT molecular complexity index is 648. The van der Waals surface area contributed by atoms with Gasteiger partial charge in [-0.15, -0.1) is 13.2 Å². The van der Waals surface area contributed by atoms with Crippen LogP contribution in [-0.4, -0.2) is 19.4 Å². The van der Waals surface area contributed by atoms with Crippen LogP contribution in [0.2, 0.25) is 0 Å². The Morgan fingerprint density at radius 2 is 1.73 bits per heavy atom. The molecule has 0 atom stereocenters. The lowest BCUT2D eigenvalue weighted by molar-refractivity contribution is -0.274. The van der Waals surface area contributed by atoms with Crippen molar-refractivity contribution in [3.05, 3.63) is 54.1 Å². The zero-order valence-corrected chi connectivity index (χ0v) is 11.7. The van der Waals surface area contributed by atoms with Crippen molar-refractivity contribution in [1.82, 2.24) is 0 Å². The van der Waals surface area contributed by atoms with Gasteiger partial charge in [0.15, 0.2) is 0 Å². The van der Waals surface area contributed by atoms with Gasteiger partial charge in [-0.05, 0) is 28.8 Å². The summed E-state index contributed by atoms with van der Waals surface area (Å²) in [5.41, 5.74) is 2.28. The van der Waals surface area contributed by atoms with Gasteiger partial charge in [0.1, 0.15) is 5.75 Å². The van der Waals surface area contributed by atoms with Crippen molar-refractivity contribution in [3.63, 3.8) is 0 Å². The highest BCUT2D eigenvalue weighted by atomic mass is 19.4. The SMILES string of the molecule is COC(=O)Cc1cccc(-c2ccc(OC(F)(F)F)cc2)c1. The highest BCUT2D eigenvalue weighted by Gasteiger charge is 2.30. The summed E-state index contributed by atoms with van der Waals surface area (Å²) < 4.78 is 44.7. The topological polar surface area (TPSA) is 35.5 Å². The van der Waals surface area contributed by atoms with Crippen molar-refractivity contribution in [2.75, 3.05) is 7.11 Å². The molecule has 3 nitrogen and oxygen atoms in total. The summed E-state index contributed by atoms with van der Waals surface area (Å²) in [6.07, 6.45) is -4.57. The third kappa shape index (κ3) is 4.51. The number of methoxy groups -OCH3 is 1. The van der Waals surface area contributed by atoms with E-state index in [9.17, 15) is 18.0 Å². The maximum absolute atomic E-state index is 12.1. The molecule has 0 aliphatic rings. The second-order valence-electron chi connectivity index (χ2n) is 4.53. The molecule has 0 fully saturated rings. The van der Waals surface area contributed by atoms with E-state index in [4.69, 9.17) is 0 Å². The standard InChI is InChI=1S/C16H13F3O3/c1-21-15(20)10-11-3-2-4-13(9-11)12-5-7-14(8-6-12)22-16(17,18)19/h2-9H,10H2,1H3. The van der Waals surface area contributed by atoms with Crippen LogP contribution in [-0.2, 0) is 16.0 Å². The molecule has 0 heterocycles. The maximum Gasteiger partial charge on any atom is 0.573 e. The molecule has 0 aliphatic carbocycles. The van der Waals surface area contributed by atoms with Crippen LogP contribution in [0.15, 0.2) is 48.5 Å². The summed E-state index contributed by atoms with van der Waals surface area (Å²) in [5, 5.41) is 0. The van der Waals surface area contributed by atoms with E-state index < -0.39 is 6.36 Å². The minimum atomic E-state index is -4.71. The van der Waals surface area contributed by atoms with Crippen LogP contribution in [0.1, 0.15) is 5.56 Å². The summed E-state index contributed by atoms with van der Waals surface area (Å²) in [6.45, 7) is 0. The van der Waals surface area contributed by atoms with Gasteiger partial charge in [-0.1, -0.05) is 36.4 Å². The lowest BCUT2D eigenvalue weighted by Gasteiger charge is -2.10. The highest BCUT2D eigenvalue weighted by Crippen LogP contribution is 2.27. The molecule has 22 heavy (non-hydrogen) atoms. The number of ether oxygens (including phenoxy) is 2. The third-order valence-corrected chi connectivity index (χ3v) is 2.92. The second-order valence-corrected chi connectivity index (χ2v) is 4.53. The van der Waals surface area contributed by atoms with Crippen LogP contribution in [0.25, 0.3) is 11.1 Å². The molecule has 0 N–H and O–H groups in total. The molecule has 0 aliphatic heterocycles. The van der Waals surface area contributed by atoms with Gasteiger partial charge in [0.2, 0.25) is 0 Å². The van der Waals surface area contributed by atoms with Crippen molar-refractivity contribution in [2.45, 2.75) is 12.8 Å². The lowest BCUT2D eigenvalue weighted by atomic mass is 10.0. The Morgan fingerprint density at radius 1 is 1.05 bits per heavy atom. The normalized spacial score (nSPS) is 11.1. The van der Waals surface area contributed by atoms with Gasteiger partial charge < -0.3 is 9.47 Å². The van der Waals surface area contributed by atoms with Gasteiger partial charge >= 0.3 is 12.3 Å². The molecule has 2 rings (SSSR count). The summed E-state index contributed by atoms with van der Waals surface area (Å²) in [6, 6.07) is 12.7. The van der Waals surface area contributed by atoms with E-state index in [0.29, 0.717) is 0 Å². The molecule has 6 heteroatoms. The Balaban J connectivity index is 2.18. The fourth-order valence-corrected chi connectivity index (χ4v) is 1.95. The molecular weight excluding hydrogens is 297 g/mol. The summed E-state index contributed by atoms with van der Waals surface area (Å²) in [5.74, 6) is -0.631. The van der Waals surface area contributed by atoms with Crippen LogP contribution in [0.4, 0.5) is 13.2 Å². The van der Waals surface area contributed by atoms with Gasteiger partial charge in [0, 0.05) is 0 Å². The van der Waals surface area contributed by atoms with E-state index in [1.165, 1.54) is 31.4 Å². The van der Waals surface area contributed by atoms with E-state index in [-0.39, 0.29) is 18.1 Å². The largest absolute Gasteiger partial charge is 0.573 e. The fraction of sp³-hybridized carbons (Fsp3) is 0.188. The minimum Gasteiger partial charge on any atom is -0.469 e. The predicted molar refractivity (Wildman–Crippen MR) is 74.3 cm³/mol. The number of alkyl halides is 3. The summed E-state index contributed by atoms with van der Waals surface area (Å²) >= 11 is 0. The molecule has 2 aromatic carbocycles. The first-order chi connectivity index (χ1) is 10.4. The monoisotopic (exact) mass is 310 g/mol. The van der Waals surface area contributed by atoms with Gasteiger partial charge in [0.25, 0.3) is 0 Å². The summed E-state index contributed by atoms with van der Waals surface area (Å²) in [7, 11) is 1.31. The first kappa shape index (κ1) is 15.9. The number of hydrogen-bond acceptors (Lipinski definition) is 3. The van der Waals surface area contributed by atoms with Crippen molar-refractivity contribution in [1.29, 1.82) is 0 Å². The van der Waals surface area contributed by atoms with Crippen LogP contribution >= 0.6 is 0 Å². The number of hydrogen-bond donors (Lipinski definition) is 0. The van der Waals surface area contributed by atoms with Crippen molar-refractivity contribution < 1.29 is 27.4 Å². The Morgan fingerprint density at radius 3 is 2.32 bits per heavy atom. The van der Waals surface area contributed by atoms with Crippen LogP contribution in [0.3, 0.4) is 0 Å². The number of halogens is 3. The Kier molecular flexibility index (Phi) is 4.70. The minimum absolute atomic E-state index is 0.139. The van der Waals surface area contributed by atoms with Gasteiger partial charge in [-0.2, -0.15) is 0 Å². The number of carbonyl (C=O) groups excluding carboxylic acids is 1. The fourth-order valence-electron chi connectivity index (χ4n) is 1.95. The van der Waals surface area contributed by atoms with Gasteiger partial charge in [-0.3, -0.25) is 4.79 Å². The number of benzene rings is 2. The molecule has 0 aromatic heterocycles. The second kappa shape index (κ2) is 6.51. The van der Waals surface area contributed by atoms with E-state index in [1.54, 1.807) is 24.3 Å². The Hall–Kier alpha value is -2.50. The quantitative estimate of drug-likeness (QED) is 0.802. The first-order valence-electron chi connectivity index (χ1n) is 6.39. The summed E-state index contributed by atoms with van der Waals surface area (Å²) in [4.78, 5) is 11.3. The average Bonchev–Trinajstić information content (AvgIpc) is 2.46. The van der Waals surface area contributed by atoms with E-state index >= 15 is 0 Å². The number of rotatable bonds is 4. The van der Waals surface area contributed by atoms with Crippen molar-refractivity contribution in [3.8, 4) is 16.9 Å². The number of esters is 1. The van der Waals surface area contributed by atoms with Gasteiger partial charge in [-0.25, -0.2) is 0 Å². The molecule has 0 unspecified atom stereocenters. The van der Waals surface area contributed by atoms with E-state index in [1.807, 2.05) is 0 Å². The molecule has 2 aromatic rings. The zero-order valence-electron chi connectivity index (χ0n) is 11.7. The molecule has 0 spiro atoms. The Labute approximate surface area is 125 Å². The predicted octanol–water partition coefficient (Wildman–Crippen LogP) is 3.97. The van der Waals surface area contributed by atoms with Crippen LogP contribution < -0.4 is 4.74 Å². The average molecular weight is 310 g/mol. The smallest absolute Gasteiger partial charge is 0.469 e. The van der Waals surface area contributed by atoms with Crippen molar-refractivity contribution >= 4 is 5.97 Å².